The van der Waals surface area contributed by atoms with Gasteiger partial charge in [0.1, 0.15) is 20.7 Å². The Kier molecular flexibility index (Phi) is 9.00. The number of rotatable bonds is 11. The topological polar surface area (TPSA) is 204 Å². The zero-order chi connectivity index (χ0) is 27.9. The molecule has 0 atom stereocenters. The highest BCUT2D eigenvalue weighted by Crippen LogP contribution is 2.31. The first-order valence-electron chi connectivity index (χ1n) is 10.9. The van der Waals surface area contributed by atoms with Crippen molar-refractivity contribution in [3.8, 4) is 0 Å². The van der Waals surface area contributed by atoms with Crippen molar-refractivity contribution in [3.05, 3.63) is 66.7 Å². The molecule has 0 aliphatic carbocycles. The zero-order valence-electron chi connectivity index (χ0n) is 19.9. The summed E-state index contributed by atoms with van der Waals surface area (Å²) in [6.45, 7) is 0.542. The number of benzene rings is 3. The summed E-state index contributed by atoms with van der Waals surface area (Å²) in [4.78, 5) is 11.7. The molecule has 3 N–H and O–H groups in total. The van der Waals surface area contributed by atoms with Gasteiger partial charge < -0.3 is 19.1 Å². The Morgan fingerprint density at radius 1 is 0.868 bits per heavy atom. The summed E-state index contributed by atoms with van der Waals surface area (Å²) >= 11 is 0. The molecular weight excluding hydrogens is 538 g/mol. The number of azo groups is 2. The van der Waals surface area contributed by atoms with E-state index in [1.54, 1.807) is 24.3 Å². The summed E-state index contributed by atoms with van der Waals surface area (Å²) in [6.07, 6.45) is 0.548. The van der Waals surface area contributed by atoms with E-state index in [1.165, 1.54) is 36.4 Å². The fraction of sp³-hybridized carbons (Fsp3) is 0.174. The van der Waals surface area contributed by atoms with Crippen molar-refractivity contribution in [2.75, 3.05) is 18.5 Å². The van der Waals surface area contributed by atoms with Crippen LogP contribution in [0.4, 0.5) is 28.4 Å². The van der Waals surface area contributed by atoms with Crippen LogP contribution in [0.3, 0.4) is 0 Å². The minimum absolute atomic E-state index is 0.0332. The van der Waals surface area contributed by atoms with E-state index in [9.17, 15) is 26.2 Å². The molecule has 38 heavy (non-hydrogen) atoms. The molecule has 13 nitrogen and oxygen atoms in total. The number of carboxylic acid groups (broad SMARTS) is 1. The van der Waals surface area contributed by atoms with Gasteiger partial charge in [-0.25, -0.2) is 8.42 Å². The first-order chi connectivity index (χ1) is 17.8. The van der Waals surface area contributed by atoms with Crippen LogP contribution in [0.15, 0.2) is 97.0 Å². The smallest absolute Gasteiger partial charge is 0.409 e. The zero-order valence-corrected chi connectivity index (χ0v) is 21.6. The summed E-state index contributed by atoms with van der Waals surface area (Å²) < 4.78 is 64.9. The van der Waals surface area contributed by atoms with Crippen LogP contribution in [-0.4, -0.2) is 50.6 Å². The van der Waals surface area contributed by atoms with Crippen LogP contribution in [0.1, 0.15) is 12.8 Å². The third-order valence-electron chi connectivity index (χ3n) is 5.09. The van der Waals surface area contributed by atoms with Gasteiger partial charge in [0, 0.05) is 25.7 Å². The van der Waals surface area contributed by atoms with Crippen molar-refractivity contribution >= 4 is 54.6 Å². The molecule has 0 aliphatic rings. The van der Waals surface area contributed by atoms with Gasteiger partial charge in [-0.3, -0.25) is 4.79 Å². The second kappa shape index (κ2) is 12.0. The van der Waals surface area contributed by atoms with E-state index in [1.807, 2.05) is 11.9 Å². The largest absolute Gasteiger partial charge is 0.744 e. The Bertz CT molecular complexity index is 1570. The second-order valence-electron chi connectivity index (χ2n) is 7.94. The molecule has 3 rings (SSSR count). The van der Waals surface area contributed by atoms with Crippen molar-refractivity contribution in [2.45, 2.75) is 22.6 Å². The highest BCUT2D eigenvalue weighted by atomic mass is 32.2. The van der Waals surface area contributed by atoms with E-state index in [2.05, 4.69) is 20.5 Å². The van der Waals surface area contributed by atoms with Crippen molar-refractivity contribution < 1.29 is 35.8 Å². The lowest BCUT2D eigenvalue weighted by Crippen LogP contribution is -2.19. The van der Waals surface area contributed by atoms with Crippen molar-refractivity contribution in [1.29, 1.82) is 0 Å². The monoisotopic (exact) mass is 561 g/mol. The third kappa shape index (κ3) is 8.24. The van der Waals surface area contributed by atoms with Gasteiger partial charge in [0.15, 0.2) is 0 Å². The molecule has 0 aliphatic heterocycles. The number of carboxylic acids is 1. The number of hydrogen-bond acceptors (Lipinski definition) is 11. The van der Waals surface area contributed by atoms with Crippen LogP contribution < -0.4 is 4.90 Å². The van der Waals surface area contributed by atoms with E-state index >= 15 is 0 Å². The van der Waals surface area contributed by atoms with E-state index in [4.69, 9.17) is 9.66 Å². The summed E-state index contributed by atoms with van der Waals surface area (Å²) in [7, 11) is -7.23. The predicted octanol–water partition coefficient (Wildman–Crippen LogP) is 4.14. The molecule has 0 saturated heterocycles. The Balaban J connectivity index is 1.76. The SMILES string of the molecule is CN(CCCC(=O)O)c1ccc(N=Nc2ccc(N=Nc3ccc(S(=O)(=O)[OH2+])cc3)cc2S(=O)(=O)[O-])cc1. The highest BCUT2D eigenvalue weighted by Gasteiger charge is 2.14. The average Bonchev–Trinajstić information content (AvgIpc) is 2.85. The summed E-state index contributed by atoms with van der Waals surface area (Å²) in [6, 6.07) is 15.4. The van der Waals surface area contributed by atoms with Gasteiger partial charge in [-0.15, -0.1) is 13.5 Å². The van der Waals surface area contributed by atoms with Crippen LogP contribution in [0, 0.1) is 0 Å². The molecule has 0 unspecified atom stereocenters. The molecular formula is C23H23N5O8S2. The third-order valence-corrected chi connectivity index (χ3v) is 6.85. The number of nitrogens with zero attached hydrogens (tertiary/aromatic N) is 5. The summed E-state index contributed by atoms with van der Waals surface area (Å²) in [5.41, 5.74) is 1.29. The van der Waals surface area contributed by atoms with Crippen molar-refractivity contribution in [2.24, 2.45) is 20.5 Å². The number of carbonyl (C=O) groups is 1. The van der Waals surface area contributed by atoms with Crippen LogP contribution >= 0.6 is 0 Å². The lowest BCUT2D eigenvalue weighted by Gasteiger charge is -2.18. The minimum Gasteiger partial charge on any atom is -0.744 e. The van der Waals surface area contributed by atoms with Gasteiger partial charge in [0.05, 0.1) is 22.0 Å². The van der Waals surface area contributed by atoms with Crippen LogP contribution in [-0.2, 0) is 25.0 Å². The normalized spacial score (nSPS) is 12.3. The first kappa shape index (κ1) is 28.5. The molecule has 200 valence electrons. The van der Waals surface area contributed by atoms with E-state index < -0.39 is 31.1 Å². The minimum atomic E-state index is -4.94. The maximum atomic E-state index is 11.8. The summed E-state index contributed by atoms with van der Waals surface area (Å²) in [5.74, 6) is -0.861. The fourth-order valence-electron chi connectivity index (χ4n) is 3.14. The molecule has 15 heteroatoms. The number of aliphatic carboxylic acids is 1. The average molecular weight is 562 g/mol. The highest BCUT2D eigenvalue weighted by molar-refractivity contribution is 7.86. The Labute approximate surface area is 218 Å². The first-order valence-corrected chi connectivity index (χ1v) is 13.8. The molecule has 0 saturated carbocycles. The van der Waals surface area contributed by atoms with Gasteiger partial charge in [0.2, 0.25) is 0 Å². The predicted molar refractivity (Wildman–Crippen MR) is 137 cm³/mol. The molecule has 0 amide bonds. The van der Waals surface area contributed by atoms with Gasteiger partial charge in [-0.1, -0.05) is 0 Å². The molecule has 0 spiro atoms. The second-order valence-corrected chi connectivity index (χ2v) is 10.8. The van der Waals surface area contributed by atoms with Gasteiger partial charge >= 0.3 is 16.1 Å². The molecule has 0 fully saturated rings. The number of hydrogen-bond donors (Lipinski definition) is 1. The van der Waals surface area contributed by atoms with Crippen LogP contribution in [0.5, 0.6) is 0 Å². The Hall–Kier alpha value is -4.05. The van der Waals surface area contributed by atoms with Gasteiger partial charge in [-0.05, 0) is 73.2 Å². The Morgan fingerprint density at radius 2 is 1.39 bits per heavy atom. The number of anilines is 1. The summed E-state index contributed by atoms with van der Waals surface area (Å²) in [5, 5.41) is 24.4. The van der Waals surface area contributed by atoms with Crippen molar-refractivity contribution in [3.63, 3.8) is 0 Å². The lowest BCUT2D eigenvalue weighted by molar-refractivity contribution is -0.137. The maximum absolute atomic E-state index is 11.8. The van der Waals surface area contributed by atoms with E-state index in [0.717, 1.165) is 11.8 Å². The van der Waals surface area contributed by atoms with Gasteiger partial charge in [0.25, 0.3) is 0 Å². The fourth-order valence-corrected chi connectivity index (χ4v) is 4.26. The maximum Gasteiger partial charge on any atom is 0.409 e. The molecule has 0 aromatic heterocycles. The molecule has 0 radical (unpaired) electrons. The standard InChI is InChI=1S/C23H23N5O8S2/c1-28(14-2-3-23(29)30)19-9-4-16(5-10-19)25-27-21-13-8-18(15-22(21)38(34,35)36)26-24-17-6-11-20(12-7-17)37(31,32)33/h4-13,15H,2-3,14H2,1H3,(H,29,30)(H,31,32,33)(H,34,35,36). The molecule has 0 bridgehead atoms. The van der Waals surface area contributed by atoms with Crippen molar-refractivity contribution in [1.82, 2.24) is 0 Å². The van der Waals surface area contributed by atoms with Crippen LogP contribution in [0.2, 0.25) is 0 Å². The quantitative estimate of drug-likeness (QED) is 0.204. The molecule has 3 aromatic rings. The lowest BCUT2D eigenvalue weighted by atomic mass is 10.2. The van der Waals surface area contributed by atoms with Gasteiger partial charge in [-0.2, -0.15) is 15.3 Å². The Morgan fingerprint density at radius 3 is 1.95 bits per heavy atom. The molecule has 0 heterocycles. The van der Waals surface area contributed by atoms with E-state index in [-0.39, 0.29) is 28.4 Å². The van der Waals surface area contributed by atoms with E-state index in [0.29, 0.717) is 18.7 Å². The van der Waals surface area contributed by atoms with Crippen LogP contribution in [0.25, 0.3) is 0 Å². The molecule has 3 aromatic carbocycles.